The lowest BCUT2D eigenvalue weighted by Crippen LogP contribution is -2.40. The van der Waals surface area contributed by atoms with Crippen LogP contribution in [0.3, 0.4) is 0 Å². The van der Waals surface area contributed by atoms with Crippen molar-refractivity contribution in [2.75, 3.05) is 26.7 Å². The lowest BCUT2D eigenvalue weighted by atomic mass is 9.97. The van der Waals surface area contributed by atoms with Gasteiger partial charge in [0, 0.05) is 24.8 Å². The molecule has 0 bridgehead atoms. The Hall–Kier alpha value is -0.800. The molecule has 1 aliphatic heterocycles. The van der Waals surface area contributed by atoms with Gasteiger partial charge < -0.3 is 16.0 Å². The number of likely N-dealkylation sites (tertiary alicyclic amines) is 1. The van der Waals surface area contributed by atoms with Crippen LogP contribution in [0.2, 0.25) is 0 Å². The van der Waals surface area contributed by atoms with Crippen LogP contribution in [0.4, 0.5) is 0 Å². The maximum Gasteiger partial charge on any atom is 0.0325 e. The summed E-state index contributed by atoms with van der Waals surface area (Å²) in [5.41, 5.74) is 7.12. The van der Waals surface area contributed by atoms with E-state index in [1.54, 1.807) is 0 Å². The largest absolute Gasteiger partial charge is 0.372 e. The van der Waals surface area contributed by atoms with Gasteiger partial charge in [0.25, 0.3) is 0 Å². The van der Waals surface area contributed by atoms with Crippen LogP contribution in [0, 0.1) is 5.92 Å². The van der Waals surface area contributed by atoms with E-state index in [2.05, 4.69) is 35.5 Å². The molecule has 90 valence electrons. The Morgan fingerprint density at radius 2 is 2.19 bits per heavy atom. The van der Waals surface area contributed by atoms with Crippen LogP contribution in [-0.4, -0.2) is 37.6 Å². The van der Waals surface area contributed by atoms with Gasteiger partial charge in [-0.25, -0.2) is 0 Å². The van der Waals surface area contributed by atoms with E-state index in [9.17, 15) is 0 Å². The molecular weight excluding hydrogens is 198 g/mol. The van der Waals surface area contributed by atoms with Crippen molar-refractivity contribution in [3.05, 3.63) is 23.9 Å². The third-order valence-electron chi connectivity index (χ3n) is 3.71. The molecule has 3 nitrogen and oxygen atoms in total. The molecule has 3 heteroatoms. The number of hydrogen-bond donors (Lipinski definition) is 2. The molecule has 0 radical (unpaired) electrons. The smallest absolute Gasteiger partial charge is 0.0325 e. The average Bonchev–Trinajstić information content (AvgIpc) is 2.39. The second-order valence-corrected chi connectivity index (χ2v) is 4.78. The van der Waals surface area contributed by atoms with Gasteiger partial charge in [0.05, 0.1) is 0 Å². The lowest BCUT2D eigenvalue weighted by Gasteiger charge is -2.35. The topological polar surface area (TPSA) is 41.3 Å². The summed E-state index contributed by atoms with van der Waals surface area (Å²) in [6.07, 6.45) is 10.5. The maximum atomic E-state index is 5.73. The first-order valence-corrected chi connectivity index (χ1v) is 6.34. The number of rotatable bonds is 3. The van der Waals surface area contributed by atoms with Crippen LogP contribution in [0.1, 0.15) is 19.3 Å². The highest BCUT2D eigenvalue weighted by Crippen LogP contribution is 2.22. The van der Waals surface area contributed by atoms with Crippen LogP contribution < -0.4 is 11.1 Å². The summed E-state index contributed by atoms with van der Waals surface area (Å²) in [6, 6.07) is 0.703. The minimum absolute atomic E-state index is 0.544. The summed E-state index contributed by atoms with van der Waals surface area (Å²) < 4.78 is 0. The second kappa shape index (κ2) is 5.51. The predicted octanol–water partition coefficient (Wildman–Crippen LogP) is 1.09. The first-order valence-electron chi connectivity index (χ1n) is 6.34. The molecule has 0 aromatic rings. The van der Waals surface area contributed by atoms with E-state index in [0.29, 0.717) is 12.0 Å². The minimum Gasteiger partial charge on any atom is -0.372 e. The zero-order valence-corrected chi connectivity index (χ0v) is 10.2. The SMILES string of the molecule is CNC1CCN(C2=CC(CN)CC=C2)CC1. The van der Waals surface area contributed by atoms with Gasteiger partial charge in [-0.15, -0.1) is 0 Å². The molecule has 0 amide bonds. The Morgan fingerprint density at radius 1 is 1.44 bits per heavy atom. The number of nitrogens with two attached hydrogens (primary N) is 1. The fourth-order valence-corrected chi connectivity index (χ4v) is 2.53. The third kappa shape index (κ3) is 2.66. The molecule has 2 rings (SSSR count). The van der Waals surface area contributed by atoms with Crippen LogP contribution in [0.15, 0.2) is 23.9 Å². The molecule has 1 aliphatic carbocycles. The zero-order valence-electron chi connectivity index (χ0n) is 10.2. The first-order chi connectivity index (χ1) is 7.83. The normalized spacial score (nSPS) is 27.0. The van der Waals surface area contributed by atoms with E-state index in [0.717, 1.165) is 13.0 Å². The molecule has 1 unspecified atom stereocenters. The molecule has 1 atom stereocenters. The Labute approximate surface area is 98.4 Å². The quantitative estimate of drug-likeness (QED) is 0.749. The highest BCUT2D eigenvalue weighted by Gasteiger charge is 2.20. The molecule has 0 aromatic carbocycles. The molecule has 3 N–H and O–H groups in total. The fourth-order valence-electron chi connectivity index (χ4n) is 2.53. The van der Waals surface area contributed by atoms with Gasteiger partial charge in [0.1, 0.15) is 0 Å². The highest BCUT2D eigenvalue weighted by molar-refractivity contribution is 5.23. The molecule has 1 heterocycles. The van der Waals surface area contributed by atoms with E-state index in [-0.39, 0.29) is 0 Å². The summed E-state index contributed by atoms with van der Waals surface area (Å²) in [6.45, 7) is 3.10. The van der Waals surface area contributed by atoms with E-state index >= 15 is 0 Å². The first kappa shape index (κ1) is 11.7. The summed E-state index contributed by atoms with van der Waals surface area (Å²) in [5, 5.41) is 3.36. The van der Waals surface area contributed by atoms with Crippen molar-refractivity contribution in [2.24, 2.45) is 11.7 Å². The monoisotopic (exact) mass is 221 g/mol. The average molecular weight is 221 g/mol. The predicted molar refractivity (Wildman–Crippen MR) is 68.0 cm³/mol. The summed E-state index contributed by atoms with van der Waals surface area (Å²) in [4.78, 5) is 2.49. The second-order valence-electron chi connectivity index (χ2n) is 4.78. The van der Waals surface area contributed by atoms with Crippen molar-refractivity contribution in [1.82, 2.24) is 10.2 Å². The molecule has 0 aromatic heterocycles. The van der Waals surface area contributed by atoms with Crippen molar-refractivity contribution in [1.29, 1.82) is 0 Å². The van der Waals surface area contributed by atoms with Crippen molar-refractivity contribution >= 4 is 0 Å². The van der Waals surface area contributed by atoms with Gasteiger partial charge >= 0.3 is 0 Å². The Kier molecular flexibility index (Phi) is 4.02. The van der Waals surface area contributed by atoms with Gasteiger partial charge in [-0.05, 0) is 44.8 Å². The van der Waals surface area contributed by atoms with E-state index in [1.807, 2.05) is 0 Å². The molecule has 0 saturated carbocycles. The summed E-state index contributed by atoms with van der Waals surface area (Å²) in [7, 11) is 2.06. The number of hydrogen-bond acceptors (Lipinski definition) is 3. The minimum atomic E-state index is 0.544. The van der Waals surface area contributed by atoms with Crippen LogP contribution in [-0.2, 0) is 0 Å². The van der Waals surface area contributed by atoms with E-state index < -0.39 is 0 Å². The standard InChI is InChI=1S/C13H23N3/c1-15-12-5-7-16(8-6-12)13-4-2-3-11(9-13)10-14/h2,4,9,11-12,15H,3,5-8,10,14H2,1H3. The molecule has 2 aliphatic rings. The summed E-state index contributed by atoms with van der Waals surface area (Å²) in [5.74, 6) is 0.544. The Morgan fingerprint density at radius 3 is 2.81 bits per heavy atom. The lowest BCUT2D eigenvalue weighted by molar-refractivity contribution is 0.251. The van der Waals surface area contributed by atoms with Crippen molar-refractivity contribution < 1.29 is 0 Å². The molecule has 16 heavy (non-hydrogen) atoms. The number of nitrogens with zero attached hydrogens (tertiary/aromatic N) is 1. The fraction of sp³-hybridized carbons (Fsp3) is 0.692. The van der Waals surface area contributed by atoms with Crippen LogP contribution >= 0.6 is 0 Å². The van der Waals surface area contributed by atoms with Crippen molar-refractivity contribution in [2.45, 2.75) is 25.3 Å². The van der Waals surface area contributed by atoms with Gasteiger partial charge in [-0.3, -0.25) is 0 Å². The van der Waals surface area contributed by atoms with Crippen LogP contribution in [0.5, 0.6) is 0 Å². The van der Waals surface area contributed by atoms with Gasteiger partial charge in [-0.1, -0.05) is 12.2 Å². The molecule has 1 saturated heterocycles. The molecule has 0 spiro atoms. The highest BCUT2D eigenvalue weighted by atomic mass is 15.1. The van der Waals surface area contributed by atoms with E-state index in [1.165, 1.54) is 31.6 Å². The zero-order chi connectivity index (χ0) is 11.4. The number of nitrogens with one attached hydrogen (secondary N) is 1. The van der Waals surface area contributed by atoms with Gasteiger partial charge in [0.15, 0.2) is 0 Å². The van der Waals surface area contributed by atoms with Gasteiger partial charge in [-0.2, -0.15) is 0 Å². The van der Waals surface area contributed by atoms with Crippen LogP contribution in [0.25, 0.3) is 0 Å². The maximum absolute atomic E-state index is 5.73. The molecular formula is C13H23N3. The van der Waals surface area contributed by atoms with E-state index in [4.69, 9.17) is 5.73 Å². The Bertz CT molecular complexity index is 275. The third-order valence-corrected chi connectivity index (χ3v) is 3.71. The molecule has 1 fully saturated rings. The number of piperidine rings is 1. The van der Waals surface area contributed by atoms with Crippen molar-refractivity contribution in [3.8, 4) is 0 Å². The Balaban J connectivity index is 1.93. The number of allylic oxidation sites excluding steroid dienone is 2. The summed E-state index contributed by atoms with van der Waals surface area (Å²) >= 11 is 0. The van der Waals surface area contributed by atoms with Gasteiger partial charge in [0.2, 0.25) is 0 Å². The van der Waals surface area contributed by atoms with Crippen molar-refractivity contribution in [3.63, 3.8) is 0 Å².